The van der Waals surface area contributed by atoms with Gasteiger partial charge in [-0.05, 0) is 27.2 Å². The topological polar surface area (TPSA) is 92.5 Å². The van der Waals surface area contributed by atoms with Crippen molar-refractivity contribution >= 4 is 17.7 Å². The molecule has 0 saturated carbocycles. The van der Waals surface area contributed by atoms with E-state index in [-0.39, 0.29) is 12.5 Å². The van der Waals surface area contributed by atoms with E-state index in [2.05, 4.69) is 5.32 Å². The third-order valence-corrected chi connectivity index (χ3v) is 3.25. The van der Waals surface area contributed by atoms with Crippen LogP contribution in [-0.4, -0.2) is 40.2 Å². The fourth-order valence-electron chi connectivity index (χ4n) is 1.57. The lowest BCUT2D eigenvalue weighted by Crippen LogP contribution is -2.69. The van der Waals surface area contributed by atoms with Gasteiger partial charge in [0.1, 0.15) is 12.1 Å². The molecule has 0 aromatic rings. The van der Waals surface area contributed by atoms with Crippen LogP contribution in [0.2, 0.25) is 0 Å². The van der Waals surface area contributed by atoms with Crippen LogP contribution in [0.4, 0.5) is 0 Å². The molecule has 3 amide bonds. The standard InChI is InChI=1S/C11H19N3O3/c1-5-11(4,12)9(17)14-6-7(15)13-8(16)10(14,2)3/h5-6,12H2,1-4H3,(H,13,15,16). The fraction of sp³-hybridized carbons (Fsp3) is 0.727. The largest absolute Gasteiger partial charge is 0.318 e. The highest BCUT2D eigenvalue weighted by Gasteiger charge is 2.46. The first-order chi connectivity index (χ1) is 7.63. The highest BCUT2D eigenvalue weighted by molar-refractivity contribution is 6.07. The quantitative estimate of drug-likeness (QED) is 0.630. The van der Waals surface area contributed by atoms with Crippen LogP contribution < -0.4 is 11.1 Å². The van der Waals surface area contributed by atoms with Gasteiger partial charge >= 0.3 is 0 Å². The Morgan fingerprint density at radius 3 is 2.53 bits per heavy atom. The second-order valence-corrected chi connectivity index (χ2v) is 5.10. The van der Waals surface area contributed by atoms with Crippen molar-refractivity contribution in [2.75, 3.05) is 6.54 Å². The molecular formula is C11H19N3O3. The number of amides is 3. The molecule has 1 atom stereocenters. The van der Waals surface area contributed by atoms with E-state index in [0.29, 0.717) is 6.42 Å². The highest BCUT2D eigenvalue weighted by atomic mass is 16.2. The Morgan fingerprint density at radius 1 is 1.53 bits per heavy atom. The van der Waals surface area contributed by atoms with Gasteiger partial charge in [-0.25, -0.2) is 0 Å². The van der Waals surface area contributed by atoms with E-state index in [4.69, 9.17) is 5.73 Å². The molecule has 3 N–H and O–H groups in total. The van der Waals surface area contributed by atoms with Crippen LogP contribution in [0.25, 0.3) is 0 Å². The van der Waals surface area contributed by atoms with Gasteiger partial charge in [-0.15, -0.1) is 0 Å². The normalized spacial score (nSPS) is 23.0. The molecule has 1 unspecified atom stereocenters. The second-order valence-electron chi connectivity index (χ2n) is 5.10. The van der Waals surface area contributed by atoms with Gasteiger partial charge in [0.15, 0.2) is 0 Å². The van der Waals surface area contributed by atoms with E-state index in [1.54, 1.807) is 27.7 Å². The number of piperazine rings is 1. The summed E-state index contributed by atoms with van der Waals surface area (Å²) in [7, 11) is 0. The van der Waals surface area contributed by atoms with E-state index in [0.717, 1.165) is 0 Å². The van der Waals surface area contributed by atoms with Crippen molar-refractivity contribution in [3.8, 4) is 0 Å². The van der Waals surface area contributed by atoms with Gasteiger partial charge in [0, 0.05) is 0 Å². The summed E-state index contributed by atoms with van der Waals surface area (Å²) in [6.07, 6.45) is 0.439. The fourth-order valence-corrected chi connectivity index (χ4v) is 1.57. The number of nitrogens with two attached hydrogens (primary N) is 1. The minimum atomic E-state index is -1.06. The predicted molar refractivity (Wildman–Crippen MR) is 61.8 cm³/mol. The van der Waals surface area contributed by atoms with Crippen LogP contribution in [-0.2, 0) is 14.4 Å². The minimum Gasteiger partial charge on any atom is -0.318 e. The van der Waals surface area contributed by atoms with Crippen molar-refractivity contribution in [1.82, 2.24) is 10.2 Å². The van der Waals surface area contributed by atoms with Crippen LogP contribution >= 0.6 is 0 Å². The summed E-state index contributed by atoms with van der Waals surface area (Å²) in [5, 5.41) is 2.21. The zero-order chi connectivity index (χ0) is 13.4. The second kappa shape index (κ2) is 4.10. The minimum absolute atomic E-state index is 0.135. The highest BCUT2D eigenvalue weighted by Crippen LogP contribution is 2.22. The first kappa shape index (κ1) is 13.6. The molecule has 1 aliphatic heterocycles. The Labute approximate surface area is 101 Å². The number of nitrogens with one attached hydrogen (secondary N) is 1. The molecule has 6 heteroatoms. The summed E-state index contributed by atoms with van der Waals surface area (Å²) in [5.74, 6) is -1.34. The number of carbonyl (C=O) groups excluding carboxylic acids is 3. The van der Waals surface area contributed by atoms with Gasteiger partial charge in [0.05, 0.1) is 5.54 Å². The van der Waals surface area contributed by atoms with E-state index < -0.39 is 22.9 Å². The Hall–Kier alpha value is -1.43. The van der Waals surface area contributed by atoms with Crippen molar-refractivity contribution in [2.45, 2.75) is 45.2 Å². The maximum absolute atomic E-state index is 12.2. The SMILES string of the molecule is CCC(C)(N)C(=O)N1CC(=O)NC(=O)C1(C)C. The molecule has 0 spiro atoms. The molecule has 1 aliphatic rings. The zero-order valence-electron chi connectivity index (χ0n) is 10.7. The summed E-state index contributed by atoms with van der Waals surface area (Å²) in [6, 6.07) is 0. The summed E-state index contributed by atoms with van der Waals surface area (Å²) in [4.78, 5) is 36.5. The van der Waals surface area contributed by atoms with Crippen molar-refractivity contribution < 1.29 is 14.4 Å². The lowest BCUT2D eigenvalue weighted by atomic mass is 9.92. The van der Waals surface area contributed by atoms with Crippen LogP contribution in [0.3, 0.4) is 0 Å². The molecule has 0 bridgehead atoms. The molecule has 1 heterocycles. The molecule has 96 valence electrons. The van der Waals surface area contributed by atoms with E-state index in [1.807, 2.05) is 0 Å². The number of nitrogens with zero attached hydrogens (tertiary/aromatic N) is 1. The van der Waals surface area contributed by atoms with Gasteiger partial charge in [-0.2, -0.15) is 0 Å². The van der Waals surface area contributed by atoms with E-state index in [9.17, 15) is 14.4 Å². The summed E-state index contributed by atoms with van der Waals surface area (Å²) < 4.78 is 0. The summed E-state index contributed by atoms with van der Waals surface area (Å²) in [5.41, 5.74) is 3.75. The molecule has 1 fully saturated rings. The van der Waals surface area contributed by atoms with Gasteiger partial charge < -0.3 is 10.6 Å². The molecule has 1 rings (SSSR count). The summed E-state index contributed by atoms with van der Waals surface area (Å²) >= 11 is 0. The Balaban J connectivity index is 3.06. The number of imide groups is 1. The zero-order valence-corrected chi connectivity index (χ0v) is 10.7. The van der Waals surface area contributed by atoms with Crippen LogP contribution in [0.5, 0.6) is 0 Å². The monoisotopic (exact) mass is 241 g/mol. The molecule has 6 nitrogen and oxygen atoms in total. The lowest BCUT2D eigenvalue weighted by molar-refractivity contribution is -0.158. The average Bonchev–Trinajstić information content (AvgIpc) is 2.22. The molecule has 0 aromatic carbocycles. The first-order valence-corrected chi connectivity index (χ1v) is 5.58. The van der Waals surface area contributed by atoms with Crippen LogP contribution in [0.1, 0.15) is 34.1 Å². The summed E-state index contributed by atoms with van der Waals surface area (Å²) in [6.45, 7) is 6.44. The molecule has 0 aliphatic carbocycles. The maximum Gasteiger partial charge on any atom is 0.252 e. The van der Waals surface area contributed by atoms with Gasteiger partial charge in [-0.3, -0.25) is 19.7 Å². The van der Waals surface area contributed by atoms with Gasteiger partial charge in [0.2, 0.25) is 11.8 Å². The molecule has 1 saturated heterocycles. The Kier molecular flexibility index (Phi) is 3.29. The molecule has 0 aromatic heterocycles. The van der Waals surface area contributed by atoms with Crippen molar-refractivity contribution in [1.29, 1.82) is 0 Å². The van der Waals surface area contributed by atoms with Crippen molar-refractivity contribution in [3.05, 3.63) is 0 Å². The first-order valence-electron chi connectivity index (χ1n) is 5.58. The number of hydrogen-bond acceptors (Lipinski definition) is 4. The number of carbonyl (C=O) groups is 3. The average molecular weight is 241 g/mol. The van der Waals surface area contributed by atoms with Gasteiger partial charge in [0.25, 0.3) is 5.91 Å². The molecular weight excluding hydrogens is 222 g/mol. The maximum atomic E-state index is 12.2. The molecule has 0 radical (unpaired) electrons. The van der Waals surface area contributed by atoms with Gasteiger partial charge in [-0.1, -0.05) is 6.92 Å². The number of hydrogen-bond donors (Lipinski definition) is 2. The predicted octanol–water partition coefficient (Wildman–Crippen LogP) is -0.623. The van der Waals surface area contributed by atoms with E-state index in [1.165, 1.54) is 4.90 Å². The smallest absolute Gasteiger partial charge is 0.252 e. The molecule has 17 heavy (non-hydrogen) atoms. The third-order valence-electron chi connectivity index (χ3n) is 3.25. The Morgan fingerprint density at radius 2 is 2.06 bits per heavy atom. The van der Waals surface area contributed by atoms with Crippen LogP contribution in [0, 0.1) is 0 Å². The van der Waals surface area contributed by atoms with Crippen LogP contribution in [0.15, 0.2) is 0 Å². The Bertz CT molecular complexity index is 374. The third kappa shape index (κ3) is 2.31. The number of rotatable bonds is 2. The van der Waals surface area contributed by atoms with E-state index >= 15 is 0 Å². The van der Waals surface area contributed by atoms with Crippen molar-refractivity contribution in [3.63, 3.8) is 0 Å². The van der Waals surface area contributed by atoms with Crippen molar-refractivity contribution in [2.24, 2.45) is 5.73 Å². The lowest BCUT2D eigenvalue weighted by Gasteiger charge is -2.43.